The van der Waals surface area contributed by atoms with Crippen molar-refractivity contribution in [1.82, 2.24) is 14.7 Å². The maximum atomic E-state index is 11.2. The molecule has 8 heteroatoms. The largest absolute Gasteiger partial charge is 0.383 e. The highest BCUT2D eigenvalue weighted by Crippen LogP contribution is 2.16. The summed E-state index contributed by atoms with van der Waals surface area (Å²) in [5.41, 5.74) is 6.40. The van der Waals surface area contributed by atoms with Gasteiger partial charge in [-0.1, -0.05) is 0 Å². The predicted octanol–water partition coefficient (Wildman–Crippen LogP) is -0.363. The van der Waals surface area contributed by atoms with E-state index in [9.17, 15) is 8.42 Å². The Bertz CT molecular complexity index is 500. The van der Waals surface area contributed by atoms with Crippen LogP contribution in [-0.2, 0) is 10.0 Å². The minimum absolute atomic E-state index is 0.0219. The first-order valence-electron chi connectivity index (χ1n) is 5.11. The number of aromatic nitrogens is 2. The van der Waals surface area contributed by atoms with Gasteiger partial charge in [0, 0.05) is 12.1 Å². The molecule has 0 aliphatic carbocycles. The Labute approximate surface area is 101 Å². The van der Waals surface area contributed by atoms with Crippen LogP contribution in [0.4, 0.5) is 11.6 Å². The van der Waals surface area contributed by atoms with Gasteiger partial charge in [-0.3, -0.25) is 0 Å². The van der Waals surface area contributed by atoms with Crippen LogP contribution < -0.4 is 15.8 Å². The van der Waals surface area contributed by atoms with Crippen LogP contribution >= 0.6 is 0 Å². The van der Waals surface area contributed by atoms with Gasteiger partial charge in [-0.05, 0) is 20.9 Å². The fraction of sp³-hybridized carbons (Fsp3) is 0.556. The summed E-state index contributed by atoms with van der Waals surface area (Å²) in [5.74, 6) is 1.50. The number of nitrogens with zero attached hydrogens (tertiary/aromatic N) is 2. The Morgan fingerprint density at radius 1 is 1.29 bits per heavy atom. The van der Waals surface area contributed by atoms with Crippen LogP contribution in [0.3, 0.4) is 0 Å². The van der Waals surface area contributed by atoms with E-state index in [1.165, 1.54) is 7.05 Å². The minimum Gasteiger partial charge on any atom is -0.383 e. The van der Waals surface area contributed by atoms with Crippen LogP contribution in [0, 0.1) is 13.8 Å². The Morgan fingerprint density at radius 2 is 1.94 bits per heavy atom. The molecule has 4 N–H and O–H groups in total. The lowest BCUT2D eigenvalue weighted by Crippen LogP contribution is -2.26. The molecule has 0 fully saturated rings. The first kappa shape index (κ1) is 13.7. The second kappa shape index (κ2) is 5.28. The van der Waals surface area contributed by atoms with Gasteiger partial charge in [-0.15, -0.1) is 0 Å². The van der Waals surface area contributed by atoms with Crippen molar-refractivity contribution in [2.24, 2.45) is 0 Å². The molecule has 0 unspecified atom stereocenters. The fourth-order valence-corrected chi connectivity index (χ4v) is 1.80. The lowest BCUT2D eigenvalue weighted by molar-refractivity contribution is 0.588. The number of sulfonamides is 1. The van der Waals surface area contributed by atoms with E-state index in [1.54, 1.807) is 13.8 Å². The third-order valence-corrected chi connectivity index (χ3v) is 3.63. The topological polar surface area (TPSA) is 110 Å². The number of nitrogens with two attached hydrogens (primary N) is 1. The minimum atomic E-state index is -3.21. The number of hydrogen-bond donors (Lipinski definition) is 3. The first-order valence-corrected chi connectivity index (χ1v) is 6.77. The van der Waals surface area contributed by atoms with Crippen molar-refractivity contribution in [3.8, 4) is 0 Å². The van der Waals surface area contributed by atoms with Gasteiger partial charge in [-0.25, -0.2) is 23.1 Å². The predicted molar refractivity (Wildman–Crippen MR) is 67.3 cm³/mol. The molecule has 0 saturated heterocycles. The molecule has 0 aliphatic heterocycles. The van der Waals surface area contributed by atoms with Gasteiger partial charge in [0.05, 0.1) is 5.75 Å². The normalized spacial score (nSPS) is 11.5. The molecule has 0 saturated carbocycles. The molecular weight excluding hydrogens is 242 g/mol. The van der Waals surface area contributed by atoms with E-state index in [-0.39, 0.29) is 12.3 Å². The Hall–Kier alpha value is -1.41. The highest BCUT2D eigenvalue weighted by Gasteiger charge is 2.09. The monoisotopic (exact) mass is 259 g/mol. The first-order chi connectivity index (χ1) is 7.85. The van der Waals surface area contributed by atoms with Crippen LogP contribution in [0.5, 0.6) is 0 Å². The van der Waals surface area contributed by atoms with Crippen molar-refractivity contribution >= 4 is 21.7 Å². The highest BCUT2D eigenvalue weighted by atomic mass is 32.2. The van der Waals surface area contributed by atoms with E-state index in [0.717, 1.165) is 5.56 Å². The summed E-state index contributed by atoms with van der Waals surface area (Å²) in [5, 5.41) is 2.93. The molecule has 17 heavy (non-hydrogen) atoms. The SMILES string of the molecule is CNS(=O)(=O)CCNc1nc(C)nc(N)c1C. The number of nitrogens with one attached hydrogen (secondary N) is 2. The van der Waals surface area contributed by atoms with Crippen molar-refractivity contribution in [3.05, 3.63) is 11.4 Å². The maximum absolute atomic E-state index is 11.2. The summed E-state index contributed by atoms with van der Waals surface area (Å²) in [6, 6.07) is 0. The molecule has 1 heterocycles. The van der Waals surface area contributed by atoms with E-state index in [4.69, 9.17) is 5.73 Å². The zero-order valence-electron chi connectivity index (χ0n) is 10.1. The number of anilines is 2. The maximum Gasteiger partial charge on any atom is 0.213 e. The quantitative estimate of drug-likeness (QED) is 0.666. The lowest BCUT2D eigenvalue weighted by atomic mass is 10.3. The molecule has 96 valence electrons. The number of aryl methyl sites for hydroxylation is 1. The van der Waals surface area contributed by atoms with Gasteiger partial charge in [0.1, 0.15) is 17.5 Å². The molecule has 0 aromatic carbocycles. The van der Waals surface area contributed by atoms with Crippen LogP contribution in [-0.4, -0.2) is 37.7 Å². The molecule has 7 nitrogen and oxygen atoms in total. The number of rotatable bonds is 5. The van der Waals surface area contributed by atoms with Gasteiger partial charge in [-0.2, -0.15) is 0 Å². The van der Waals surface area contributed by atoms with Gasteiger partial charge in [0.2, 0.25) is 10.0 Å². The fourth-order valence-electron chi connectivity index (χ4n) is 1.23. The lowest BCUT2D eigenvalue weighted by Gasteiger charge is -2.10. The molecule has 0 amide bonds. The second-order valence-corrected chi connectivity index (χ2v) is 5.63. The second-order valence-electron chi connectivity index (χ2n) is 3.58. The van der Waals surface area contributed by atoms with Crippen molar-refractivity contribution < 1.29 is 8.42 Å². The average Bonchev–Trinajstić information content (AvgIpc) is 2.24. The van der Waals surface area contributed by atoms with Crippen LogP contribution in [0.25, 0.3) is 0 Å². The molecule has 1 rings (SSSR count). The summed E-state index contributed by atoms with van der Waals surface area (Å²) < 4.78 is 24.6. The third kappa shape index (κ3) is 3.82. The van der Waals surface area contributed by atoms with Crippen LogP contribution in [0.2, 0.25) is 0 Å². The smallest absolute Gasteiger partial charge is 0.213 e. The molecule has 1 aromatic rings. The van der Waals surface area contributed by atoms with Crippen molar-refractivity contribution in [3.63, 3.8) is 0 Å². The van der Waals surface area contributed by atoms with Gasteiger partial charge >= 0.3 is 0 Å². The molecule has 0 aliphatic rings. The average molecular weight is 259 g/mol. The van der Waals surface area contributed by atoms with Gasteiger partial charge in [0.25, 0.3) is 0 Å². The van der Waals surface area contributed by atoms with E-state index < -0.39 is 10.0 Å². The zero-order valence-corrected chi connectivity index (χ0v) is 10.9. The summed E-state index contributed by atoms with van der Waals surface area (Å²) in [6.07, 6.45) is 0. The van der Waals surface area contributed by atoms with E-state index >= 15 is 0 Å². The van der Waals surface area contributed by atoms with Crippen LogP contribution in [0.1, 0.15) is 11.4 Å². The number of nitrogen functional groups attached to an aromatic ring is 1. The Morgan fingerprint density at radius 3 is 2.53 bits per heavy atom. The molecule has 0 radical (unpaired) electrons. The summed E-state index contributed by atoms with van der Waals surface area (Å²) in [6.45, 7) is 3.77. The molecule has 1 aromatic heterocycles. The van der Waals surface area contributed by atoms with E-state index in [1.807, 2.05) is 0 Å². The summed E-state index contributed by atoms with van der Waals surface area (Å²) >= 11 is 0. The van der Waals surface area contributed by atoms with Crippen molar-refractivity contribution in [2.45, 2.75) is 13.8 Å². The van der Waals surface area contributed by atoms with E-state index in [2.05, 4.69) is 20.0 Å². The third-order valence-electron chi connectivity index (χ3n) is 2.27. The van der Waals surface area contributed by atoms with Gasteiger partial charge < -0.3 is 11.1 Å². The van der Waals surface area contributed by atoms with Gasteiger partial charge in [0.15, 0.2) is 0 Å². The summed E-state index contributed by atoms with van der Waals surface area (Å²) in [7, 11) is -1.83. The zero-order chi connectivity index (χ0) is 13.1. The van der Waals surface area contributed by atoms with Crippen molar-refractivity contribution in [2.75, 3.05) is 30.4 Å². The molecular formula is C9H17N5O2S. The molecule has 0 bridgehead atoms. The Kier molecular flexibility index (Phi) is 4.24. The standard InChI is InChI=1S/C9H17N5O2S/c1-6-8(10)13-7(2)14-9(6)12-4-5-17(15,16)11-3/h11H,4-5H2,1-3H3,(H3,10,12,13,14). The van der Waals surface area contributed by atoms with Crippen LogP contribution in [0.15, 0.2) is 0 Å². The van der Waals surface area contributed by atoms with Crippen molar-refractivity contribution in [1.29, 1.82) is 0 Å². The highest BCUT2D eigenvalue weighted by molar-refractivity contribution is 7.89. The number of hydrogen-bond acceptors (Lipinski definition) is 6. The summed E-state index contributed by atoms with van der Waals surface area (Å²) in [4.78, 5) is 8.16. The molecule has 0 atom stereocenters. The Balaban J connectivity index is 2.70. The van der Waals surface area contributed by atoms with E-state index in [0.29, 0.717) is 17.5 Å². The molecule has 0 spiro atoms.